The zero-order chi connectivity index (χ0) is 20.5. The van der Waals surface area contributed by atoms with Crippen molar-refractivity contribution in [3.8, 4) is 11.3 Å². The third-order valence-corrected chi connectivity index (χ3v) is 4.74. The normalized spacial score (nSPS) is 10.7. The number of rotatable bonds is 9. The van der Waals surface area contributed by atoms with Crippen LogP contribution < -0.4 is 10.6 Å². The minimum Gasteiger partial charge on any atom is -0.351 e. The number of nitrogens with one attached hydrogen (secondary N) is 2. The van der Waals surface area contributed by atoms with Gasteiger partial charge in [0.2, 0.25) is 0 Å². The molecule has 3 rings (SSSR count). The molecule has 3 aromatic rings. The van der Waals surface area contributed by atoms with Gasteiger partial charge in [0, 0.05) is 36.0 Å². The van der Waals surface area contributed by atoms with Gasteiger partial charge in [0.25, 0.3) is 5.91 Å². The van der Waals surface area contributed by atoms with Crippen LogP contribution in [0.4, 0.5) is 11.5 Å². The molecule has 0 bridgehead atoms. The lowest BCUT2D eigenvalue weighted by atomic mass is 10.1. The fraction of sp³-hybridized carbons (Fsp3) is 0.261. The molecule has 1 heterocycles. The van der Waals surface area contributed by atoms with Crippen molar-refractivity contribution in [1.82, 2.24) is 20.2 Å². The predicted octanol–water partition coefficient (Wildman–Crippen LogP) is 3.96. The molecule has 0 radical (unpaired) electrons. The van der Waals surface area contributed by atoms with Crippen LogP contribution in [0.5, 0.6) is 0 Å². The van der Waals surface area contributed by atoms with E-state index in [4.69, 9.17) is 0 Å². The smallest absolute Gasteiger partial charge is 0.251 e. The Kier molecular flexibility index (Phi) is 7.30. The molecule has 0 fully saturated rings. The van der Waals surface area contributed by atoms with E-state index in [2.05, 4.69) is 39.3 Å². The molecule has 0 unspecified atom stereocenters. The van der Waals surface area contributed by atoms with Crippen LogP contribution in [-0.4, -0.2) is 47.0 Å². The summed E-state index contributed by atoms with van der Waals surface area (Å²) in [7, 11) is 0. The Morgan fingerprint density at radius 2 is 1.76 bits per heavy atom. The van der Waals surface area contributed by atoms with Gasteiger partial charge in [-0.25, -0.2) is 9.97 Å². The minimum absolute atomic E-state index is 0.0755. The van der Waals surface area contributed by atoms with Crippen LogP contribution in [0.15, 0.2) is 67.0 Å². The molecule has 2 N–H and O–H groups in total. The quantitative estimate of drug-likeness (QED) is 0.580. The summed E-state index contributed by atoms with van der Waals surface area (Å²) in [5.41, 5.74) is 3.29. The lowest BCUT2D eigenvalue weighted by Crippen LogP contribution is -2.34. The Labute approximate surface area is 172 Å². The van der Waals surface area contributed by atoms with Crippen LogP contribution >= 0.6 is 0 Å². The molecule has 6 heteroatoms. The van der Waals surface area contributed by atoms with E-state index < -0.39 is 0 Å². The Hall–Kier alpha value is -3.25. The first-order valence-electron chi connectivity index (χ1n) is 9.94. The van der Waals surface area contributed by atoms with Crippen molar-refractivity contribution < 1.29 is 4.79 Å². The number of carbonyl (C=O) groups excluding carboxylic acids is 1. The molecule has 0 spiro atoms. The van der Waals surface area contributed by atoms with E-state index in [9.17, 15) is 4.79 Å². The van der Waals surface area contributed by atoms with Crippen LogP contribution in [0.3, 0.4) is 0 Å². The summed E-state index contributed by atoms with van der Waals surface area (Å²) in [6, 6.07) is 19.3. The summed E-state index contributed by atoms with van der Waals surface area (Å²) < 4.78 is 0. The molecule has 6 nitrogen and oxygen atoms in total. The summed E-state index contributed by atoms with van der Waals surface area (Å²) in [5.74, 6) is 0.603. The van der Waals surface area contributed by atoms with Crippen LogP contribution in [0.2, 0.25) is 0 Å². The van der Waals surface area contributed by atoms with E-state index in [0.29, 0.717) is 17.9 Å². The number of anilines is 2. The van der Waals surface area contributed by atoms with E-state index in [1.807, 2.05) is 60.7 Å². The largest absolute Gasteiger partial charge is 0.351 e. The van der Waals surface area contributed by atoms with Crippen molar-refractivity contribution in [3.63, 3.8) is 0 Å². The number of benzene rings is 2. The second-order valence-electron chi connectivity index (χ2n) is 6.64. The van der Waals surface area contributed by atoms with Crippen LogP contribution in [0, 0.1) is 0 Å². The van der Waals surface area contributed by atoms with Gasteiger partial charge in [0.15, 0.2) is 0 Å². The van der Waals surface area contributed by atoms with Gasteiger partial charge in [-0.05, 0) is 31.3 Å². The van der Waals surface area contributed by atoms with E-state index >= 15 is 0 Å². The fourth-order valence-corrected chi connectivity index (χ4v) is 3.05. The Morgan fingerprint density at radius 3 is 2.52 bits per heavy atom. The first-order valence-corrected chi connectivity index (χ1v) is 9.94. The van der Waals surface area contributed by atoms with Gasteiger partial charge in [0.05, 0.1) is 5.69 Å². The lowest BCUT2D eigenvalue weighted by molar-refractivity contribution is 0.0949. The average Bonchev–Trinajstić information content (AvgIpc) is 2.77. The highest BCUT2D eigenvalue weighted by Crippen LogP contribution is 2.21. The van der Waals surface area contributed by atoms with E-state index in [0.717, 1.165) is 36.6 Å². The number of amides is 1. The molecular formula is C23H27N5O. The topological polar surface area (TPSA) is 70.2 Å². The summed E-state index contributed by atoms with van der Waals surface area (Å²) in [6.07, 6.45) is 1.54. The van der Waals surface area contributed by atoms with Crippen molar-refractivity contribution in [2.75, 3.05) is 31.5 Å². The summed E-state index contributed by atoms with van der Waals surface area (Å²) in [5, 5.41) is 6.25. The number of hydrogen-bond acceptors (Lipinski definition) is 5. The predicted molar refractivity (Wildman–Crippen MR) is 117 cm³/mol. The molecule has 0 atom stereocenters. The van der Waals surface area contributed by atoms with Gasteiger partial charge in [-0.2, -0.15) is 0 Å². The molecule has 0 saturated heterocycles. The van der Waals surface area contributed by atoms with Crippen LogP contribution in [0.25, 0.3) is 11.3 Å². The molecule has 2 aromatic carbocycles. The average molecular weight is 390 g/mol. The molecule has 29 heavy (non-hydrogen) atoms. The number of aromatic nitrogens is 2. The molecule has 1 aromatic heterocycles. The number of carbonyl (C=O) groups is 1. The molecule has 0 aliphatic rings. The SMILES string of the molecule is CCN(CC)CCNC(=O)c1cccc(Nc2cc(-c3ccccc3)ncn2)c1. The third-order valence-electron chi connectivity index (χ3n) is 4.74. The van der Waals surface area contributed by atoms with E-state index in [-0.39, 0.29) is 5.91 Å². The van der Waals surface area contributed by atoms with Crippen molar-refractivity contribution in [3.05, 3.63) is 72.6 Å². The second-order valence-corrected chi connectivity index (χ2v) is 6.64. The van der Waals surface area contributed by atoms with Crippen molar-refractivity contribution in [2.45, 2.75) is 13.8 Å². The first kappa shape index (κ1) is 20.5. The zero-order valence-corrected chi connectivity index (χ0v) is 16.9. The lowest BCUT2D eigenvalue weighted by Gasteiger charge is -2.18. The van der Waals surface area contributed by atoms with Crippen LogP contribution in [-0.2, 0) is 0 Å². The molecule has 1 amide bonds. The van der Waals surface area contributed by atoms with Gasteiger partial charge in [-0.15, -0.1) is 0 Å². The van der Waals surface area contributed by atoms with Crippen molar-refractivity contribution >= 4 is 17.4 Å². The third kappa shape index (κ3) is 5.86. The number of likely N-dealkylation sites (N-methyl/N-ethyl adjacent to an activating group) is 1. The maximum Gasteiger partial charge on any atom is 0.251 e. The highest BCUT2D eigenvalue weighted by molar-refractivity contribution is 5.95. The first-order chi connectivity index (χ1) is 14.2. The fourth-order valence-electron chi connectivity index (χ4n) is 3.05. The van der Waals surface area contributed by atoms with Gasteiger partial charge in [0.1, 0.15) is 12.1 Å². The minimum atomic E-state index is -0.0755. The number of nitrogens with zero attached hydrogens (tertiary/aromatic N) is 3. The standard InChI is InChI=1S/C23H27N5O/c1-3-28(4-2)14-13-24-23(29)19-11-8-12-20(15-19)27-22-16-21(25-17-26-22)18-9-6-5-7-10-18/h5-12,15-17H,3-4,13-14H2,1-2H3,(H,24,29)(H,25,26,27). The molecular weight excluding hydrogens is 362 g/mol. The molecule has 0 saturated carbocycles. The molecule has 0 aliphatic heterocycles. The maximum absolute atomic E-state index is 12.5. The summed E-state index contributed by atoms with van der Waals surface area (Å²) in [6.45, 7) is 7.68. The van der Waals surface area contributed by atoms with Gasteiger partial charge in [-0.1, -0.05) is 50.2 Å². The maximum atomic E-state index is 12.5. The van der Waals surface area contributed by atoms with Crippen LogP contribution in [0.1, 0.15) is 24.2 Å². The summed E-state index contributed by atoms with van der Waals surface area (Å²) >= 11 is 0. The van der Waals surface area contributed by atoms with Gasteiger partial charge in [-0.3, -0.25) is 4.79 Å². The van der Waals surface area contributed by atoms with Crippen molar-refractivity contribution in [2.24, 2.45) is 0 Å². The molecule has 150 valence electrons. The Morgan fingerprint density at radius 1 is 0.966 bits per heavy atom. The van der Waals surface area contributed by atoms with Gasteiger partial charge < -0.3 is 15.5 Å². The van der Waals surface area contributed by atoms with E-state index in [1.54, 1.807) is 0 Å². The Bertz CT molecular complexity index is 925. The number of hydrogen-bond donors (Lipinski definition) is 2. The monoisotopic (exact) mass is 389 g/mol. The highest BCUT2D eigenvalue weighted by atomic mass is 16.1. The Balaban J connectivity index is 1.65. The summed E-state index contributed by atoms with van der Waals surface area (Å²) in [4.78, 5) is 23.4. The zero-order valence-electron chi connectivity index (χ0n) is 16.9. The van der Waals surface area contributed by atoms with Gasteiger partial charge >= 0.3 is 0 Å². The molecule has 0 aliphatic carbocycles. The highest BCUT2D eigenvalue weighted by Gasteiger charge is 2.08. The second kappa shape index (κ2) is 10.3. The van der Waals surface area contributed by atoms with Crippen molar-refractivity contribution in [1.29, 1.82) is 0 Å². The van der Waals surface area contributed by atoms with E-state index in [1.165, 1.54) is 6.33 Å².